The molecule has 128 valence electrons. The molecule has 5 rings (SSSR count). The minimum absolute atomic E-state index is 0.0351. The molecule has 0 amide bonds. The number of nitrogens with zero attached hydrogens (tertiary/aromatic N) is 1. The monoisotopic (exact) mass is 351 g/mol. The highest BCUT2D eigenvalue weighted by molar-refractivity contribution is 5.94. The minimum atomic E-state index is -0.842. The number of ether oxygens (including phenoxy) is 2. The maximum absolute atomic E-state index is 12.8. The molecule has 9 nitrogen and oxygen atoms in total. The SMILES string of the molecule is O=c1c2[nH]cc[nH]c2c(=O)c2c(=O)n(-c3ccc4c(c3)OCO4)c(=O)c12. The molecular weight excluding hydrogens is 342 g/mol. The molecule has 0 bridgehead atoms. The van der Waals surface area contributed by atoms with Gasteiger partial charge in [-0.15, -0.1) is 0 Å². The molecule has 0 aliphatic carbocycles. The average molecular weight is 351 g/mol. The van der Waals surface area contributed by atoms with Crippen LogP contribution >= 0.6 is 0 Å². The van der Waals surface area contributed by atoms with Crippen molar-refractivity contribution in [1.82, 2.24) is 14.5 Å². The Balaban J connectivity index is 1.96. The molecule has 2 aromatic carbocycles. The third-order valence-corrected chi connectivity index (χ3v) is 4.40. The van der Waals surface area contributed by atoms with Crippen molar-refractivity contribution in [3.8, 4) is 17.2 Å². The molecule has 0 fully saturated rings. The normalized spacial score (nSPS) is 12.9. The lowest BCUT2D eigenvalue weighted by atomic mass is 10.1. The zero-order valence-electron chi connectivity index (χ0n) is 13.0. The van der Waals surface area contributed by atoms with Crippen molar-refractivity contribution in [3.05, 3.63) is 71.7 Å². The van der Waals surface area contributed by atoms with Crippen LogP contribution in [0.2, 0.25) is 0 Å². The topological polar surface area (TPSA) is 123 Å². The molecule has 0 atom stereocenters. The van der Waals surface area contributed by atoms with Crippen LogP contribution in [-0.4, -0.2) is 21.3 Å². The Bertz CT molecular complexity index is 1370. The summed E-state index contributed by atoms with van der Waals surface area (Å²) in [5.74, 6) is 0.852. The molecule has 1 aliphatic rings. The lowest BCUT2D eigenvalue weighted by Gasteiger charge is -2.01. The molecule has 9 heteroatoms. The van der Waals surface area contributed by atoms with Gasteiger partial charge >= 0.3 is 0 Å². The Morgan fingerprint density at radius 2 is 1.38 bits per heavy atom. The van der Waals surface area contributed by atoms with Crippen molar-refractivity contribution in [1.29, 1.82) is 0 Å². The summed E-state index contributed by atoms with van der Waals surface area (Å²) in [4.78, 5) is 56.2. The van der Waals surface area contributed by atoms with E-state index in [0.29, 0.717) is 11.5 Å². The van der Waals surface area contributed by atoms with Crippen molar-refractivity contribution in [2.45, 2.75) is 0 Å². The minimum Gasteiger partial charge on any atom is -0.454 e. The predicted molar refractivity (Wildman–Crippen MR) is 91.9 cm³/mol. The Morgan fingerprint density at radius 3 is 2.00 bits per heavy atom. The van der Waals surface area contributed by atoms with Crippen LogP contribution in [0.5, 0.6) is 11.5 Å². The van der Waals surface area contributed by atoms with Gasteiger partial charge in [0.1, 0.15) is 21.8 Å². The molecule has 1 aliphatic heterocycles. The highest BCUT2D eigenvalue weighted by atomic mass is 16.7. The van der Waals surface area contributed by atoms with E-state index in [0.717, 1.165) is 4.57 Å². The zero-order chi connectivity index (χ0) is 18.0. The Morgan fingerprint density at radius 1 is 0.808 bits per heavy atom. The second-order valence-corrected chi connectivity index (χ2v) is 5.76. The van der Waals surface area contributed by atoms with E-state index in [4.69, 9.17) is 9.47 Å². The average Bonchev–Trinajstić information content (AvgIpc) is 3.21. The van der Waals surface area contributed by atoms with E-state index in [1.807, 2.05) is 0 Å². The summed E-state index contributed by atoms with van der Waals surface area (Å²) in [5, 5.41) is -0.859. The van der Waals surface area contributed by atoms with E-state index in [1.54, 1.807) is 6.07 Å². The second-order valence-electron chi connectivity index (χ2n) is 5.76. The summed E-state index contributed by atoms with van der Waals surface area (Å²) in [6.07, 6.45) is 2.85. The summed E-state index contributed by atoms with van der Waals surface area (Å²) >= 11 is 0. The quantitative estimate of drug-likeness (QED) is 0.499. The molecule has 0 radical (unpaired) electrons. The Hall–Kier alpha value is -3.88. The smallest absolute Gasteiger partial charge is 0.270 e. The van der Waals surface area contributed by atoms with Gasteiger partial charge in [0.05, 0.1) is 5.69 Å². The van der Waals surface area contributed by atoms with Crippen molar-refractivity contribution < 1.29 is 9.47 Å². The number of benzene rings is 2. The molecule has 2 N–H and O–H groups in total. The van der Waals surface area contributed by atoms with Crippen LogP contribution < -0.4 is 31.4 Å². The third kappa shape index (κ3) is 1.68. The highest BCUT2D eigenvalue weighted by Crippen LogP contribution is 2.33. The number of nitrogens with one attached hydrogen (secondary N) is 2. The molecule has 0 spiro atoms. The first-order chi connectivity index (χ1) is 12.6. The number of rotatable bonds is 1. The maximum Gasteiger partial charge on any atom is 0.270 e. The van der Waals surface area contributed by atoms with Crippen LogP contribution in [0.15, 0.2) is 49.8 Å². The fraction of sp³-hybridized carbons (Fsp3) is 0.0588. The number of H-pyrrole nitrogens is 2. The van der Waals surface area contributed by atoms with E-state index in [2.05, 4.69) is 9.97 Å². The summed E-state index contributed by atoms with van der Waals surface area (Å²) in [6.45, 7) is 0.0351. The Labute approximate surface area is 142 Å². The lowest BCUT2D eigenvalue weighted by molar-refractivity contribution is 0.174. The fourth-order valence-electron chi connectivity index (χ4n) is 3.21. The van der Waals surface area contributed by atoms with E-state index in [9.17, 15) is 19.2 Å². The number of fused-ring (bicyclic) bond motifs is 3. The Kier molecular flexibility index (Phi) is 2.68. The summed E-state index contributed by atoms with van der Waals surface area (Å²) in [6, 6.07) is 4.49. The molecule has 26 heavy (non-hydrogen) atoms. The van der Waals surface area contributed by atoms with Gasteiger partial charge in [-0.25, -0.2) is 4.57 Å². The van der Waals surface area contributed by atoms with Crippen LogP contribution in [0, 0.1) is 0 Å². The van der Waals surface area contributed by atoms with Crippen molar-refractivity contribution in [2.75, 3.05) is 6.79 Å². The summed E-state index contributed by atoms with van der Waals surface area (Å²) < 4.78 is 11.3. The molecule has 4 aromatic rings. The van der Waals surface area contributed by atoms with Gasteiger partial charge in [-0.1, -0.05) is 0 Å². The van der Waals surface area contributed by atoms with Gasteiger partial charge in [0.15, 0.2) is 11.5 Å². The highest BCUT2D eigenvalue weighted by Gasteiger charge is 2.24. The fourth-order valence-corrected chi connectivity index (χ4v) is 3.21. The summed E-state index contributed by atoms with van der Waals surface area (Å²) in [7, 11) is 0. The van der Waals surface area contributed by atoms with Crippen molar-refractivity contribution in [3.63, 3.8) is 0 Å². The van der Waals surface area contributed by atoms with Crippen LogP contribution in [0.3, 0.4) is 0 Å². The van der Waals surface area contributed by atoms with Crippen LogP contribution in [0.25, 0.3) is 27.5 Å². The van der Waals surface area contributed by atoms with Crippen LogP contribution in [0.1, 0.15) is 0 Å². The van der Waals surface area contributed by atoms with Gasteiger partial charge in [-0.3, -0.25) is 19.2 Å². The van der Waals surface area contributed by atoms with E-state index >= 15 is 0 Å². The third-order valence-electron chi connectivity index (χ3n) is 4.40. The van der Waals surface area contributed by atoms with Gasteiger partial charge in [0.25, 0.3) is 11.1 Å². The lowest BCUT2D eigenvalue weighted by Crippen LogP contribution is -2.24. The molecule has 2 aromatic heterocycles. The molecule has 3 heterocycles. The van der Waals surface area contributed by atoms with Gasteiger partial charge < -0.3 is 19.4 Å². The first-order valence-corrected chi connectivity index (χ1v) is 7.62. The number of aromatic nitrogens is 3. The maximum atomic E-state index is 12.8. The second kappa shape index (κ2) is 4.82. The predicted octanol–water partition coefficient (Wildman–Crippen LogP) is 0.0472. The van der Waals surface area contributed by atoms with Crippen LogP contribution in [0.4, 0.5) is 0 Å². The van der Waals surface area contributed by atoms with E-state index in [1.165, 1.54) is 24.5 Å². The molecular formula is C17H9N3O6. The van der Waals surface area contributed by atoms with Crippen LogP contribution in [-0.2, 0) is 0 Å². The molecule has 0 unspecified atom stereocenters. The first-order valence-electron chi connectivity index (χ1n) is 7.62. The van der Waals surface area contributed by atoms with Crippen molar-refractivity contribution in [2.24, 2.45) is 0 Å². The van der Waals surface area contributed by atoms with Gasteiger partial charge in [-0.05, 0) is 12.1 Å². The molecule has 0 saturated heterocycles. The zero-order valence-corrected chi connectivity index (χ0v) is 13.0. The van der Waals surface area contributed by atoms with Gasteiger partial charge in [0.2, 0.25) is 17.7 Å². The van der Waals surface area contributed by atoms with E-state index in [-0.39, 0.29) is 23.5 Å². The largest absolute Gasteiger partial charge is 0.454 e. The number of aromatic amines is 2. The van der Waals surface area contributed by atoms with E-state index < -0.39 is 32.7 Å². The number of hydrogen-bond acceptors (Lipinski definition) is 6. The van der Waals surface area contributed by atoms with Gasteiger partial charge in [-0.2, -0.15) is 0 Å². The number of hydrogen-bond donors (Lipinski definition) is 2. The molecule has 0 saturated carbocycles. The summed E-state index contributed by atoms with van der Waals surface area (Å²) in [5.41, 5.74) is -3.00. The first kappa shape index (κ1) is 14.5. The van der Waals surface area contributed by atoms with Crippen molar-refractivity contribution >= 4 is 21.8 Å². The van der Waals surface area contributed by atoms with Gasteiger partial charge in [0, 0.05) is 18.5 Å². The standard InChI is InChI=1S/C17H9N3O6/c21-14-10-11(15(22)13-12(14)18-3-4-19-13)17(24)20(16(10)23)7-1-2-8-9(5-7)26-6-25-8/h1-5,18-19H,6H2.